The minimum absolute atomic E-state index is 0.115. The molecule has 0 atom stereocenters. The van der Waals surface area contributed by atoms with Crippen molar-refractivity contribution in [3.05, 3.63) is 29.8 Å². The maximum absolute atomic E-state index is 12.4. The van der Waals surface area contributed by atoms with Crippen LogP contribution in [0.15, 0.2) is 24.3 Å². The molecule has 1 amide bonds. The number of hydrogen-bond donors (Lipinski definition) is 2. The summed E-state index contributed by atoms with van der Waals surface area (Å²) in [5, 5.41) is 11.8. The summed E-state index contributed by atoms with van der Waals surface area (Å²) in [6.07, 6.45) is 5.36. The quantitative estimate of drug-likeness (QED) is 0.810. The first kappa shape index (κ1) is 14.1. The van der Waals surface area contributed by atoms with E-state index in [-0.39, 0.29) is 18.2 Å². The lowest BCUT2D eigenvalue weighted by atomic mass is 9.96. The highest BCUT2D eigenvalue weighted by atomic mass is 16.4. The summed E-state index contributed by atoms with van der Waals surface area (Å²) in [5.74, 6) is 0.718. The van der Waals surface area contributed by atoms with Crippen molar-refractivity contribution in [3.8, 4) is 0 Å². The molecule has 0 saturated heterocycles. The molecule has 2 aliphatic carbocycles. The zero-order chi connectivity index (χ0) is 14.8. The molecule has 4 nitrogen and oxygen atoms in total. The zero-order valence-electron chi connectivity index (χ0n) is 12.0. The lowest BCUT2D eigenvalue weighted by molar-refractivity contribution is -0.137. The van der Waals surface area contributed by atoms with E-state index < -0.39 is 5.97 Å². The van der Waals surface area contributed by atoms with Crippen molar-refractivity contribution in [2.24, 2.45) is 17.8 Å². The summed E-state index contributed by atoms with van der Waals surface area (Å²) >= 11 is 0. The second kappa shape index (κ2) is 5.88. The third kappa shape index (κ3) is 3.84. The molecule has 0 aliphatic heterocycles. The van der Waals surface area contributed by atoms with E-state index >= 15 is 0 Å². The fraction of sp³-hybridized carbons (Fsp3) is 0.529. The molecule has 1 aromatic carbocycles. The molecule has 21 heavy (non-hydrogen) atoms. The number of carbonyl (C=O) groups excluding carboxylic acids is 1. The summed E-state index contributed by atoms with van der Waals surface area (Å²) in [4.78, 5) is 23.1. The summed E-state index contributed by atoms with van der Waals surface area (Å²) < 4.78 is 0. The molecular formula is C17H21NO3. The molecule has 0 unspecified atom stereocenters. The number of anilines is 1. The summed E-state index contributed by atoms with van der Waals surface area (Å²) in [6.45, 7) is 0. The molecule has 1 aromatic rings. The normalized spacial score (nSPS) is 17.8. The summed E-state index contributed by atoms with van der Waals surface area (Å²) in [7, 11) is 0. The number of carbonyl (C=O) groups is 2. The largest absolute Gasteiger partial charge is 0.481 e. The van der Waals surface area contributed by atoms with Crippen molar-refractivity contribution >= 4 is 17.6 Å². The van der Waals surface area contributed by atoms with Gasteiger partial charge in [0, 0.05) is 18.0 Å². The van der Waals surface area contributed by atoms with Gasteiger partial charge in [-0.15, -0.1) is 0 Å². The van der Waals surface area contributed by atoms with Gasteiger partial charge in [-0.05, 0) is 61.6 Å². The highest BCUT2D eigenvalue weighted by molar-refractivity contribution is 5.93. The SMILES string of the molecule is O=C(O)CCc1cccc(NC(=O)C(C2CC2)C2CC2)c1. The minimum atomic E-state index is -0.799. The van der Waals surface area contributed by atoms with Gasteiger partial charge in [-0.1, -0.05) is 12.1 Å². The van der Waals surface area contributed by atoms with Gasteiger partial charge in [0.05, 0.1) is 0 Å². The van der Waals surface area contributed by atoms with E-state index in [1.807, 2.05) is 24.3 Å². The summed E-state index contributed by atoms with van der Waals surface area (Å²) in [6, 6.07) is 7.53. The van der Waals surface area contributed by atoms with Crippen LogP contribution in [-0.4, -0.2) is 17.0 Å². The predicted octanol–water partition coefficient (Wildman–Crippen LogP) is 3.08. The van der Waals surface area contributed by atoms with E-state index in [4.69, 9.17) is 5.11 Å². The Labute approximate surface area is 124 Å². The molecule has 3 rings (SSSR count). The number of nitrogens with one attached hydrogen (secondary N) is 1. The Hall–Kier alpha value is -1.84. The topological polar surface area (TPSA) is 66.4 Å². The molecule has 2 fully saturated rings. The Bertz CT molecular complexity index is 535. The highest BCUT2D eigenvalue weighted by Gasteiger charge is 2.45. The first-order chi connectivity index (χ1) is 10.1. The van der Waals surface area contributed by atoms with Gasteiger partial charge in [0.25, 0.3) is 0 Å². The smallest absolute Gasteiger partial charge is 0.303 e. The molecule has 112 valence electrons. The average Bonchev–Trinajstić information content (AvgIpc) is 3.31. The van der Waals surface area contributed by atoms with Crippen LogP contribution >= 0.6 is 0 Å². The second-order valence-electron chi connectivity index (χ2n) is 6.28. The second-order valence-corrected chi connectivity index (χ2v) is 6.28. The van der Waals surface area contributed by atoms with Gasteiger partial charge in [-0.2, -0.15) is 0 Å². The van der Waals surface area contributed by atoms with Gasteiger partial charge in [-0.3, -0.25) is 9.59 Å². The number of aryl methyl sites for hydroxylation is 1. The van der Waals surface area contributed by atoms with Gasteiger partial charge in [0.1, 0.15) is 0 Å². The fourth-order valence-electron chi connectivity index (χ4n) is 3.01. The third-order valence-corrected chi connectivity index (χ3v) is 4.38. The van der Waals surface area contributed by atoms with Crippen molar-refractivity contribution in [1.29, 1.82) is 0 Å². The van der Waals surface area contributed by atoms with Crippen LogP contribution < -0.4 is 5.32 Å². The Kier molecular flexibility index (Phi) is 3.95. The van der Waals surface area contributed by atoms with Crippen LogP contribution in [0.5, 0.6) is 0 Å². The van der Waals surface area contributed by atoms with Gasteiger partial charge in [0.15, 0.2) is 0 Å². The molecule has 0 bridgehead atoms. The third-order valence-electron chi connectivity index (χ3n) is 4.38. The van der Waals surface area contributed by atoms with Gasteiger partial charge in [-0.25, -0.2) is 0 Å². The van der Waals surface area contributed by atoms with Crippen molar-refractivity contribution in [3.63, 3.8) is 0 Å². The van der Waals surface area contributed by atoms with Crippen molar-refractivity contribution < 1.29 is 14.7 Å². The van der Waals surface area contributed by atoms with Crippen LogP contribution in [0.3, 0.4) is 0 Å². The van der Waals surface area contributed by atoms with E-state index in [0.717, 1.165) is 11.3 Å². The molecular weight excluding hydrogens is 266 g/mol. The van der Waals surface area contributed by atoms with Gasteiger partial charge < -0.3 is 10.4 Å². The van der Waals surface area contributed by atoms with Gasteiger partial charge in [0.2, 0.25) is 5.91 Å². The van der Waals surface area contributed by atoms with Crippen LogP contribution in [0.2, 0.25) is 0 Å². The number of aliphatic carboxylic acids is 1. The Balaban J connectivity index is 1.62. The summed E-state index contributed by atoms with van der Waals surface area (Å²) in [5.41, 5.74) is 1.73. The molecule has 2 aliphatic rings. The standard InChI is InChI=1S/C17H21NO3/c19-15(20)9-4-11-2-1-3-14(10-11)18-17(21)16(12-5-6-12)13-7-8-13/h1-3,10,12-13,16H,4-9H2,(H,18,21)(H,19,20). The molecule has 0 aromatic heterocycles. The number of benzene rings is 1. The monoisotopic (exact) mass is 287 g/mol. The average molecular weight is 287 g/mol. The van der Waals surface area contributed by atoms with E-state index in [2.05, 4.69) is 5.32 Å². The number of carboxylic acids is 1. The predicted molar refractivity (Wildman–Crippen MR) is 80.0 cm³/mol. The minimum Gasteiger partial charge on any atom is -0.481 e. The first-order valence-electron chi connectivity index (χ1n) is 7.75. The molecule has 2 saturated carbocycles. The number of hydrogen-bond acceptors (Lipinski definition) is 2. The lowest BCUT2D eigenvalue weighted by Gasteiger charge is -2.15. The lowest BCUT2D eigenvalue weighted by Crippen LogP contribution is -2.26. The molecule has 2 N–H and O–H groups in total. The van der Waals surface area contributed by atoms with Gasteiger partial charge >= 0.3 is 5.97 Å². The van der Waals surface area contributed by atoms with E-state index in [9.17, 15) is 9.59 Å². The van der Waals surface area contributed by atoms with Crippen LogP contribution in [0, 0.1) is 17.8 Å². The highest BCUT2D eigenvalue weighted by Crippen LogP contribution is 2.49. The Morgan fingerprint density at radius 3 is 2.43 bits per heavy atom. The molecule has 0 heterocycles. The molecule has 0 radical (unpaired) electrons. The number of amides is 1. The molecule has 0 spiro atoms. The van der Waals surface area contributed by atoms with Crippen molar-refractivity contribution in [2.75, 3.05) is 5.32 Å². The van der Waals surface area contributed by atoms with Crippen LogP contribution in [0.4, 0.5) is 5.69 Å². The van der Waals surface area contributed by atoms with E-state index in [0.29, 0.717) is 18.3 Å². The van der Waals surface area contributed by atoms with Crippen LogP contribution in [0.25, 0.3) is 0 Å². The Morgan fingerprint density at radius 2 is 1.86 bits per heavy atom. The van der Waals surface area contributed by atoms with Crippen LogP contribution in [-0.2, 0) is 16.0 Å². The zero-order valence-corrected chi connectivity index (χ0v) is 12.0. The van der Waals surface area contributed by atoms with Crippen molar-refractivity contribution in [1.82, 2.24) is 0 Å². The fourth-order valence-corrected chi connectivity index (χ4v) is 3.01. The Morgan fingerprint density at radius 1 is 1.19 bits per heavy atom. The number of carboxylic acid groups (broad SMARTS) is 1. The maximum Gasteiger partial charge on any atom is 0.303 e. The molecule has 4 heteroatoms. The first-order valence-corrected chi connectivity index (χ1v) is 7.75. The van der Waals surface area contributed by atoms with Crippen LogP contribution in [0.1, 0.15) is 37.7 Å². The van der Waals surface area contributed by atoms with Crippen molar-refractivity contribution in [2.45, 2.75) is 38.5 Å². The van der Waals surface area contributed by atoms with E-state index in [1.54, 1.807) is 0 Å². The maximum atomic E-state index is 12.4. The van der Waals surface area contributed by atoms with E-state index in [1.165, 1.54) is 25.7 Å². The number of rotatable bonds is 7.